The molecule has 6 nitrogen and oxygen atoms in total. The molecule has 0 fully saturated rings. The van der Waals surface area contributed by atoms with Crippen molar-refractivity contribution in [3.63, 3.8) is 0 Å². The van der Waals surface area contributed by atoms with Gasteiger partial charge in [-0.1, -0.05) is 24.3 Å². The number of hydrogen-bond donors (Lipinski definition) is 0. The van der Waals surface area contributed by atoms with Crippen LogP contribution in [0.2, 0.25) is 0 Å². The second-order valence-corrected chi connectivity index (χ2v) is 12.8. The van der Waals surface area contributed by atoms with Crippen molar-refractivity contribution in [1.29, 1.82) is 21.0 Å². The van der Waals surface area contributed by atoms with Crippen LogP contribution in [0.15, 0.2) is 133 Å². The van der Waals surface area contributed by atoms with Crippen molar-refractivity contribution >= 4 is 66.4 Å². The van der Waals surface area contributed by atoms with Crippen LogP contribution in [-0.2, 0) is 0 Å². The fourth-order valence-electron chi connectivity index (χ4n) is 7.27. The second-order valence-electron chi connectivity index (χ2n) is 12.8. The van der Waals surface area contributed by atoms with E-state index >= 15 is 0 Å². The summed E-state index contributed by atoms with van der Waals surface area (Å²) in [5.41, 5.74) is 10.1. The molecule has 0 saturated carbocycles. The van der Waals surface area contributed by atoms with E-state index in [0.717, 1.165) is 77.6 Å². The highest BCUT2D eigenvalue weighted by Crippen LogP contribution is 2.49. The quantitative estimate of drug-likeness (QED) is 0.164. The lowest BCUT2D eigenvalue weighted by Gasteiger charge is -2.30. The zero-order valence-electron chi connectivity index (χ0n) is 28.4. The van der Waals surface area contributed by atoms with Crippen LogP contribution in [0.25, 0.3) is 32.3 Å². The summed E-state index contributed by atoms with van der Waals surface area (Å²) < 4.78 is 0. The molecule has 8 rings (SSSR count). The molecule has 8 aromatic rings. The third-order valence-electron chi connectivity index (χ3n) is 9.77. The van der Waals surface area contributed by atoms with Gasteiger partial charge in [0.2, 0.25) is 0 Å². The molecule has 0 bridgehead atoms. The molecule has 0 saturated heterocycles. The van der Waals surface area contributed by atoms with E-state index in [0.29, 0.717) is 22.3 Å². The summed E-state index contributed by atoms with van der Waals surface area (Å²) in [7, 11) is 0. The first-order valence-corrected chi connectivity index (χ1v) is 16.7. The maximum atomic E-state index is 9.55. The highest BCUT2D eigenvalue weighted by molar-refractivity contribution is 6.29. The largest absolute Gasteiger partial charge is 0.310 e. The van der Waals surface area contributed by atoms with Crippen molar-refractivity contribution < 1.29 is 0 Å². The molecule has 0 aliphatic carbocycles. The molecule has 242 valence electrons. The second kappa shape index (κ2) is 12.7. The van der Waals surface area contributed by atoms with Gasteiger partial charge >= 0.3 is 0 Å². The summed E-state index contributed by atoms with van der Waals surface area (Å²) in [6.45, 7) is 4.28. The predicted molar refractivity (Wildman–Crippen MR) is 208 cm³/mol. The Kier molecular flexibility index (Phi) is 7.70. The minimum atomic E-state index is 0.576. The van der Waals surface area contributed by atoms with E-state index in [-0.39, 0.29) is 0 Å². The van der Waals surface area contributed by atoms with Crippen LogP contribution in [0.5, 0.6) is 0 Å². The fraction of sp³-hybridized carbons (Fsp3) is 0.0435. The van der Waals surface area contributed by atoms with E-state index in [2.05, 4.69) is 84.3 Å². The number of aryl methyl sites for hydroxylation is 2. The molecule has 0 radical (unpaired) electrons. The number of rotatable bonds is 6. The Labute approximate surface area is 301 Å². The average Bonchev–Trinajstić information content (AvgIpc) is 3.20. The van der Waals surface area contributed by atoms with Crippen LogP contribution in [0.4, 0.5) is 34.1 Å². The molecule has 0 amide bonds. The van der Waals surface area contributed by atoms with Crippen molar-refractivity contribution in [2.24, 2.45) is 0 Å². The predicted octanol–water partition coefficient (Wildman–Crippen LogP) is 11.6. The highest BCUT2D eigenvalue weighted by Gasteiger charge is 2.23. The number of nitriles is 4. The number of benzene rings is 8. The summed E-state index contributed by atoms with van der Waals surface area (Å²) in [6, 6.07) is 52.4. The SMILES string of the molecule is Cc1cc(N(c2ccc(C#N)cc2)c2ccc(C#N)cc2)c2ccc3c(C)cc(N(c4ccc(C#N)cc4)c4ccc(C#N)cc4)c4ccc1c2c34. The van der Waals surface area contributed by atoms with E-state index in [9.17, 15) is 21.0 Å². The summed E-state index contributed by atoms with van der Waals surface area (Å²) in [6.07, 6.45) is 0. The fourth-order valence-corrected chi connectivity index (χ4v) is 7.27. The van der Waals surface area contributed by atoms with Gasteiger partial charge < -0.3 is 9.80 Å². The molecule has 0 N–H and O–H groups in total. The Morgan fingerprint density at radius 1 is 0.346 bits per heavy atom. The van der Waals surface area contributed by atoms with Gasteiger partial charge in [0, 0.05) is 33.5 Å². The number of anilines is 6. The lowest BCUT2D eigenvalue weighted by atomic mass is 9.88. The minimum absolute atomic E-state index is 0.576. The smallest absolute Gasteiger partial charge is 0.0991 e. The summed E-state index contributed by atoms with van der Waals surface area (Å²) in [4.78, 5) is 4.38. The first-order chi connectivity index (χ1) is 25.4. The van der Waals surface area contributed by atoms with Crippen molar-refractivity contribution in [3.05, 3.63) is 167 Å². The molecule has 6 heteroatoms. The van der Waals surface area contributed by atoms with Crippen molar-refractivity contribution in [3.8, 4) is 24.3 Å². The van der Waals surface area contributed by atoms with Crippen LogP contribution in [0, 0.1) is 59.2 Å². The molecule has 8 aromatic carbocycles. The van der Waals surface area contributed by atoms with E-state index in [1.54, 1.807) is 0 Å². The molecule has 0 spiro atoms. The van der Waals surface area contributed by atoms with Crippen LogP contribution in [0.3, 0.4) is 0 Å². The molecule has 0 aliphatic heterocycles. The van der Waals surface area contributed by atoms with Gasteiger partial charge in [0.15, 0.2) is 0 Å². The van der Waals surface area contributed by atoms with Gasteiger partial charge in [-0.15, -0.1) is 0 Å². The Bertz CT molecular complexity index is 2510. The molecule has 0 unspecified atom stereocenters. The maximum Gasteiger partial charge on any atom is 0.0991 e. The lowest BCUT2D eigenvalue weighted by molar-refractivity contribution is 1.28. The summed E-state index contributed by atoms with van der Waals surface area (Å²) in [5, 5.41) is 44.9. The Balaban J connectivity index is 1.43. The van der Waals surface area contributed by atoms with Gasteiger partial charge in [-0.3, -0.25) is 0 Å². The van der Waals surface area contributed by atoms with E-state index in [1.165, 1.54) is 0 Å². The maximum absolute atomic E-state index is 9.55. The van der Waals surface area contributed by atoms with E-state index < -0.39 is 0 Å². The van der Waals surface area contributed by atoms with E-state index in [4.69, 9.17) is 0 Å². The van der Waals surface area contributed by atoms with Crippen LogP contribution in [-0.4, -0.2) is 0 Å². The monoisotopic (exact) mass is 664 g/mol. The zero-order valence-corrected chi connectivity index (χ0v) is 28.4. The molecule has 0 atom stereocenters. The van der Waals surface area contributed by atoms with Gasteiger partial charge in [0.05, 0.1) is 57.9 Å². The third-order valence-corrected chi connectivity index (χ3v) is 9.77. The molecular formula is C46H28N6. The highest BCUT2D eigenvalue weighted by atomic mass is 15.1. The summed E-state index contributed by atoms with van der Waals surface area (Å²) in [5.74, 6) is 0. The number of nitrogens with zero attached hydrogens (tertiary/aromatic N) is 6. The van der Waals surface area contributed by atoms with Gasteiger partial charge in [-0.2, -0.15) is 21.0 Å². The van der Waals surface area contributed by atoms with Crippen molar-refractivity contribution in [2.45, 2.75) is 13.8 Å². The molecule has 0 aliphatic rings. The zero-order chi connectivity index (χ0) is 35.9. The minimum Gasteiger partial charge on any atom is -0.310 e. The van der Waals surface area contributed by atoms with Crippen molar-refractivity contribution in [2.75, 3.05) is 9.80 Å². The average molecular weight is 665 g/mol. The van der Waals surface area contributed by atoms with Gasteiger partial charge in [0.1, 0.15) is 0 Å². The topological polar surface area (TPSA) is 102 Å². The van der Waals surface area contributed by atoms with Crippen molar-refractivity contribution in [1.82, 2.24) is 0 Å². The van der Waals surface area contributed by atoms with Gasteiger partial charge in [-0.05, 0) is 156 Å². The third kappa shape index (κ3) is 5.17. The molecule has 0 aromatic heterocycles. The standard InChI is InChI=1S/C46H28N6/c1-29-23-43(51(35-11-3-31(25-47)4-12-35)36-13-5-32(26-48)6-14-36)41-22-20-40-30(2)24-44(42-21-19-39(29)45(41)46(40)42)52(37-15-7-33(27-49)8-16-37)38-17-9-34(28-50)10-18-38/h3-24H,1-2H3. The Morgan fingerprint density at radius 2 is 0.596 bits per heavy atom. The Hall–Kier alpha value is -7.64. The molecule has 0 heterocycles. The lowest BCUT2D eigenvalue weighted by Crippen LogP contribution is -2.12. The van der Waals surface area contributed by atoms with Crippen LogP contribution in [0.1, 0.15) is 33.4 Å². The summed E-state index contributed by atoms with van der Waals surface area (Å²) >= 11 is 0. The van der Waals surface area contributed by atoms with Gasteiger partial charge in [0.25, 0.3) is 0 Å². The number of hydrogen-bond acceptors (Lipinski definition) is 6. The van der Waals surface area contributed by atoms with E-state index in [1.807, 2.05) is 97.1 Å². The normalized spacial score (nSPS) is 10.8. The molecular weight excluding hydrogens is 637 g/mol. The first-order valence-electron chi connectivity index (χ1n) is 16.7. The van der Waals surface area contributed by atoms with Crippen LogP contribution < -0.4 is 9.80 Å². The molecule has 52 heavy (non-hydrogen) atoms. The first kappa shape index (κ1) is 31.6. The Morgan fingerprint density at radius 3 is 0.846 bits per heavy atom. The van der Waals surface area contributed by atoms with Gasteiger partial charge in [-0.25, -0.2) is 0 Å². The van der Waals surface area contributed by atoms with Crippen LogP contribution >= 0.6 is 0 Å².